The molecule has 0 saturated carbocycles. The molecule has 0 aromatic heterocycles. The van der Waals surface area contributed by atoms with Gasteiger partial charge < -0.3 is 0 Å². The molecule has 56 valence electrons. The van der Waals surface area contributed by atoms with Gasteiger partial charge in [-0.15, -0.1) is 11.8 Å². The molecule has 0 aliphatic rings. The molecule has 0 spiro atoms. The van der Waals surface area contributed by atoms with Crippen molar-refractivity contribution in [1.82, 2.24) is 0 Å². The van der Waals surface area contributed by atoms with Crippen molar-refractivity contribution < 1.29 is 0 Å². The molecule has 9 heavy (non-hydrogen) atoms. The van der Waals surface area contributed by atoms with Gasteiger partial charge in [0, 0.05) is 16.1 Å². The van der Waals surface area contributed by atoms with Crippen LogP contribution in [0.4, 0.5) is 0 Å². The third-order valence-electron chi connectivity index (χ3n) is 0.730. The number of thiol groups is 1. The second-order valence-corrected chi connectivity index (χ2v) is 5.38. The fourth-order valence-electron chi connectivity index (χ4n) is 0.361. The van der Waals surface area contributed by atoms with Gasteiger partial charge in [0.15, 0.2) is 0 Å². The van der Waals surface area contributed by atoms with Crippen molar-refractivity contribution >= 4 is 36.2 Å². The average Bonchev–Trinajstić information content (AvgIpc) is 1.80. The molecule has 0 aromatic rings. The van der Waals surface area contributed by atoms with E-state index < -0.39 is 0 Å². The van der Waals surface area contributed by atoms with Crippen LogP contribution < -0.4 is 0 Å². The molecule has 0 nitrogen and oxygen atoms in total. The number of rotatable bonds is 5. The summed E-state index contributed by atoms with van der Waals surface area (Å²) in [5.41, 5.74) is 0. The number of hydrogen-bond acceptors (Lipinski definition) is 3. The minimum atomic E-state index is 0.549. The second-order valence-electron chi connectivity index (χ2n) is 1.83. The molecule has 0 fully saturated rings. The van der Waals surface area contributed by atoms with Crippen LogP contribution in [0.2, 0.25) is 0 Å². The van der Waals surface area contributed by atoms with E-state index in [1.807, 2.05) is 23.5 Å². The van der Waals surface area contributed by atoms with Gasteiger partial charge in [0.1, 0.15) is 0 Å². The monoisotopic (exact) mass is 182 g/mol. The maximum atomic E-state index is 4.27. The first-order valence-corrected chi connectivity index (χ1v) is 5.93. The van der Waals surface area contributed by atoms with Crippen molar-refractivity contribution in [2.75, 3.05) is 16.6 Å². The molecule has 0 N–H and O–H groups in total. The summed E-state index contributed by atoms with van der Waals surface area (Å²) >= 11 is 8.22. The van der Waals surface area contributed by atoms with Gasteiger partial charge in [0.2, 0.25) is 0 Å². The van der Waals surface area contributed by atoms with E-state index in [2.05, 4.69) is 26.5 Å². The SMILES string of the molecule is CCSCSCC(C)S. The third kappa shape index (κ3) is 9.05. The summed E-state index contributed by atoms with van der Waals surface area (Å²) in [4.78, 5) is 0. The highest BCUT2D eigenvalue weighted by Gasteiger charge is 1.92. The first-order valence-electron chi connectivity index (χ1n) is 3.11. The van der Waals surface area contributed by atoms with Crippen LogP contribution in [0.15, 0.2) is 0 Å². The molecule has 0 bridgehead atoms. The van der Waals surface area contributed by atoms with Gasteiger partial charge in [0.05, 0.1) is 0 Å². The Labute approximate surface area is 72.0 Å². The van der Waals surface area contributed by atoms with E-state index >= 15 is 0 Å². The second kappa shape index (κ2) is 7.16. The van der Waals surface area contributed by atoms with Crippen LogP contribution in [-0.2, 0) is 0 Å². The fourth-order valence-corrected chi connectivity index (χ4v) is 2.54. The van der Waals surface area contributed by atoms with E-state index in [-0.39, 0.29) is 0 Å². The molecule has 0 aliphatic carbocycles. The minimum Gasteiger partial charge on any atom is -0.175 e. The highest BCUT2D eigenvalue weighted by molar-refractivity contribution is 8.16. The molecule has 0 aliphatic heterocycles. The first kappa shape index (κ1) is 10.0. The lowest BCUT2D eigenvalue weighted by molar-refractivity contribution is 1.14. The standard InChI is InChI=1S/C6H14S3/c1-3-8-5-9-4-6(2)7/h6-7H,3-5H2,1-2H3. The topological polar surface area (TPSA) is 0 Å². The maximum absolute atomic E-state index is 4.27. The normalized spacial score (nSPS) is 13.7. The zero-order chi connectivity index (χ0) is 7.11. The predicted octanol–water partition coefficient (Wildman–Crippen LogP) is 2.75. The molecule has 0 heterocycles. The van der Waals surface area contributed by atoms with Crippen molar-refractivity contribution in [3.05, 3.63) is 0 Å². The number of hydrogen-bond donors (Lipinski definition) is 1. The zero-order valence-corrected chi connectivity index (χ0v) is 8.49. The van der Waals surface area contributed by atoms with Crippen molar-refractivity contribution in [1.29, 1.82) is 0 Å². The Hall–Kier alpha value is 1.05. The third-order valence-corrected chi connectivity index (χ3v) is 3.64. The lowest BCUT2D eigenvalue weighted by Crippen LogP contribution is -1.94. The molecular weight excluding hydrogens is 168 g/mol. The molecule has 0 aromatic carbocycles. The smallest absolute Gasteiger partial charge is 0.0392 e. The maximum Gasteiger partial charge on any atom is 0.0392 e. The molecule has 0 rings (SSSR count). The molecule has 1 atom stereocenters. The largest absolute Gasteiger partial charge is 0.175 e. The van der Waals surface area contributed by atoms with Crippen LogP contribution >= 0.6 is 36.2 Å². The summed E-state index contributed by atoms with van der Waals surface area (Å²) < 4.78 is 0. The van der Waals surface area contributed by atoms with Crippen molar-refractivity contribution in [2.24, 2.45) is 0 Å². The molecular formula is C6H14S3. The van der Waals surface area contributed by atoms with Crippen LogP contribution in [0.1, 0.15) is 13.8 Å². The van der Waals surface area contributed by atoms with Crippen LogP contribution in [0.5, 0.6) is 0 Å². The summed E-state index contributed by atoms with van der Waals surface area (Å²) in [6.45, 7) is 4.32. The van der Waals surface area contributed by atoms with Gasteiger partial charge in [-0.3, -0.25) is 0 Å². The highest BCUT2D eigenvalue weighted by Crippen LogP contribution is 2.13. The minimum absolute atomic E-state index is 0.549. The molecule has 1 unspecified atom stereocenters. The Bertz CT molecular complexity index is 54.3. The summed E-state index contributed by atoms with van der Waals surface area (Å²) in [5, 5.41) is 1.77. The number of thioether (sulfide) groups is 2. The molecule has 3 heteroatoms. The Morgan fingerprint density at radius 2 is 2.11 bits per heavy atom. The Kier molecular flexibility index (Phi) is 8.00. The lowest BCUT2D eigenvalue weighted by atomic mass is 10.6. The van der Waals surface area contributed by atoms with Crippen LogP contribution in [-0.4, -0.2) is 21.8 Å². The average molecular weight is 182 g/mol. The van der Waals surface area contributed by atoms with E-state index in [1.54, 1.807) is 0 Å². The summed E-state index contributed by atoms with van der Waals surface area (Å²) in [6, 6.07) is 0. The van der Waals surface area contributed by atoms with Crippen LogP contribution in [0.25, 0.3) is 0 Å². The summed E-state index contributed by atoms with van der Waals surface area (Å²) in [7, 11) is 0. The molecule has 0 amide bonds. The van der Waals surface area contributed by atoms with Gasteiger partial charge in [-0.05, 0) is 5.75 Å². The van der Waals surface area contributed by atoms with E-state index in [0.29, 0.717) is 5.25 Å². The Morgan fingerprint density at radius 1 is 1.44 bits per heavy atom. The Morgan fingerprint density at radius 3 is 2.56 bits per heavy atom. The quantitative estimate of drug-likeness (QED) is 0.394. The van der Waals surface area contributed by atoms with Crippen molar-refractivity contribution in [3.63, 3.8) is 0 Å². The Balaban J connectivity index is 2.75. The fraction of sp³-hybridized carbons (Fsp3) is 1.00. The van der Waals surface area contributed by atoms with Crippen LogP contribution in [0, 0.1) is 0 Å². The summed E-state index contributed by atoms with van der Waals surface area (Å²) in [6.07, 6.45) is 0. The zero-order valence-electron chi connectivity index (χ0n) is 5.96. The van der Waals surface area contributed by atoms with Gasteiger partial charge in [0.25, 0.3) is 0 Å². The van der Waals surface area contributed by atoms with Crippen molar-refractivity contribution in [2.45, 2.75) is 19.1 Å². The predicted molar refractivity (Wildman–Crippen MR) is 53.9 cm³/mol. The van der Waals surface area contributed by atoms with Gasteiger partial charge in [-0.1, -0.05) is 13.8 Å². The van der Waals surface area contributed by atoms with E-state index in [9.17, 15) is 0 Å². The molecule has 0 saturated heterocycles. The van der Waals surface area contributed by atoms with Crippen LogP contribution in [0.3, 0.4) is 0 Å². The van der Waals surface area contributed by atoms with E-state index in [4.69, 9.17) is 0 Å². The van der Waals surface area contributed by atoms with E-state index in [0.717, 1.165) is 0 Å². The van der Waals surface area contributed by atoms with Gasteiger partial charge in [-0.25, -0.2) is 0 Å². The van der Waals surface area contributed by atoms with Crippen molar-refractivity contribution in [3.8, 4) is 0 Å². The lowest BCUT2D eigenvalue weighted by Gasteiger charge is -2.01. The van der Waals surface area contributed by atoms with Gasteiger partial charge in [-0.2, -0.15) is 24.4 Å². The summed E-state index contributed by atoms with van der Waals surface area (Å²) in [5.74, 6) is 2.41. The van der Waals surface area contributed by atoms with Gasteiger partial charge >= 0.3 is 0 Å². The van der Waals surface area contributed by atoms with E-state index in [1.165, 1.54) is 16.6 Å². The highest BCUT2D eigenvalue weighted by atomic mass is 32.2. The first-order chi connectivity index (χ1) is 4.27. The molecule has 0 radical (unpaired) electrons.